The van der Waals surface area contributed by atoms with E-state index < -0.39 is 0 Å². The molecule has 0 heterocycles. The van der Waals surface area contributed by atoms with Crippen molar-refractivity contribution in [2.75, 3.05) is 4.90 Å². The Kier molecular flexibility index (Phi) is 6.36. The first-order valence-electron chi connectivity index (χ1n) is 16.9. The van der Waals surface area contributed by atoms with E-state index in [1.165, 1.54) is 66.9 Å². The highest BCUT2D eigenvalue weighted by Crippen LogP contribution is 2.55. The van der Waals surface area contributed by atoms with Crippen LogP contribution in [0.5, 0.6) is 0 Å². The molecule has 7 aromatic rings. The molecule has 0 radical (unpaired) electrons. The molecule has 2 aliphatic rings. The molecule has 0 saturated heterocycles. The third-order valence-corrected chi connectivity index (χ3v) is 11.0. The van der Waals surface area contributed by atoms with Gasteiger partial charge in [0.15, 0.2) is 0 Å². The Labute approximate surface area is 283 Å². The minimum Gasteiger partial charge on any atom is -0.310 e. The fourth-order valence-electron chi connectivity index (χ4n) is 8.41. The number of nitrogens with zero attached hydrogens (tertiary/aromatic N) is 1. The van der Waals surface area contributed by atoms with Gasteiger partial charge in [0.2, 0.25) is 0 Å². The maximum Gasteiger partial charge on any atom is 0.0465 e. The van der Waals surface area contributed by atoms with Gasteiger partial charge in [0.25, 0.3) is 0 Å². The standard InChI is InChI=1S/C47H37N/c1-46(2)42-20-12-10-18-38(42)40-28-26-36(30-44(40)46)48(35-24-22-33(23-25-35)32-14-6-4-7-15-32)37-27-29-41-39-19-11-13-21-43(39)47(3,45(41)31-37)34-16-8-5-9-17-34/h4-31H,1-3H3. The van der Waals surface area contributed by atoms with E-state index in [0.717, 1.165) is 11.4 Å². The fraction of sp³-hybridized carbons (Fsp3) is 0.106. The van der Waals surface area contributed by atoms with Crippen LogP contribution in [0.25, 0.3) is 33.4 Å². The van der Waals surface area contributed by atoms with E-state index in [9.17, 15) is 0 Å². The average molecular weight is 616 g/mol. The summed E-state index contributed by atoms with van der Waals surface area (Å²) in [5.74, 6) is 0. The quantitative estimate of drug-likeness (QED) is 0.186. The second-order valence-corrected chi connectivity index (χ2v) is 13.9. The fourth-order valence-corrected chi connectivity index (χ4v) is 8.41. The predicted molar refractivity (Wildman–Crippen MR) is 202 cm³/mol. The number of fused-ring (bicyclic) bond motifs is 6. The summed E-state index contributed by atoms with van der Waals surface area (Å²) in [6, 6.07) is 62.6. The Balaban J connectivity index is 1.24. The number of benzene rings is 7. The molecule has 48 heavy (non-hydrogen) atoms. The van der Waals surface area contributed by atoms with Crippen molar-refractivity contribution in [3.05, 3.63) is 198 Å². The van der Waals surface area contributed by atoms with Gasteiger partial charge < -0.3 is 4.90 Å². The molecule has 1 nitrogen and oxygen atoms in total. The summed E-state index contributed by atoms with van der Waals surface area (Å²) in [5.41, 5.74) is 17.6. The predicted octanol–water partition coefficient (Wildman–Crippen LogP) is 12.5. The monoisotopic (exact) mass is 615 g/mol. The molecule has 7 aromatic carbocycles. The highest BCUT2D eigenvalue weighted by Gasteiger charge is 2.41. The zero-order valence-corrected chi connectivity index (χ0v) is 27.6. The maximum absolute atomic E-state index is 2.45. The van der Waals surface area contributed by atoms with Crippen LogP contribution in [0.2, 0.25) is 0 Å². The zero-order chi connectivity index (χ0) is 32.5. The minimum atomic E-state index is -0.270. The van der Waals surface area contributed by atoms with Crippen molar-refractivity contribution in [1.82, 2.24) is 0 Å². The van der Waals surface area contributed by atoms with Crippen LogP contribution in [0.4, 0.5) is 17.1 Å². The van der Waals surface area contributed by atoms with E-state index in [2.05, 4.69) is 196 Å². The first-order valence-corrected chi connectivity index (χ1v) is 16.9. The molecule has 0 aromatic heterocycles. The van der Waals surface area contributed by atoms with Crippen LogP contribution in [0.3, 0.4) is 0 Å². The average Bonchev–Trinajstić information content (AvgIpc) is 3.54. The summed E-state index contributed by atoms with van der Waals surface area (Å²) in [4.78, 5) is 2.45. The molecule has 1 atom stereocenters. The first kappa shape index (κ1) is 28.6. The van der Waals surface area contributed by atoms with Gasteiger partial charge in [-0.25, -0.2) is 0 Å². The molecular formula is C47H37N. The van der Waals surface area contributed by atoms with E-state index in [4.69, 9.17) is 0 Å². The molecule has 1 unspecified atom stereocenters. The summed E-state index contributed by atoms with van der Waals surface area (Å²) < 4.78 is 0. The molecule has 2 aliphatic carbocycles. The van der Waals surface area contributed by atoms with Gasteiger partial charge in [-0.15, -0.1) is 0 Å². The van der Waals surface area contributed by atoms with E-state index >= 15 is 0 Å². The Morgan fingerprint density at radius 1 is 0.354 bits per heavy atom. The molecule has 0 bridgehead atoms. The van der Waals surface area contributed by atoms with E-state index in [0.29, 0.717) is 0 Å². The van der Waals surface area contributed by atoms with Crippen LogP contribution in [-0.2, 0) is 10.8 Å². The summed E-state index contributed by atoms with van der Waals surface area (Å²) in [5, 5.41) is 0. The molecule has 0 N–H and O–H groups in total. The van der Waals surface area contributed by atoms with Crippen molar-refractivity contribution in [3.63, 3.8) is 0 Å². The third-order valence-electron chi connectivity index (χ3n) is 11.0. The van der Waals surface area contributed by atoms with E-state index in [1.54, 1.807) is 0 Å². The topological polar surface area (TPSA) is 3.24 Å². The van der Waals surface area contributed by atoms with Crippen molar-refractivity contribution in [3.8, 4) is 33.4 Å². The number of anilines is 3. The van der Waals surface area contributed by atoms with Gasteiger partial charge in [0.05, 0.1) is 0 Å². The van der Waals surface area contributed by atoms with Gasteiger partial charge in [-0.1, -0.05) is 147 Å². The van der Waals surface area contributed by atoms with Crippen molar-refractivity contribution >= 4 is 17.1 Å². The second kappa shape index (κ2) is 10.7. The number of hydrogen-bond acceptors (Lipinski definition) is 1. The summed E-state index contributed by atoms with van der Waals surface area (Å²) in [6.45, 7) is 7.11. The van der Waals surface area contributed by atoms with Gasteiger partial charge in [-0.3, -0.25) is 0 Å². The maximum atomic E-state index is 2.45. The van der Waals surface area contributed by atoms with Crippen molar-refractivity contribution < 1.29 is 0 Å². The Morgan fingerprint density at radius 3 is 1.48 bits per heavy atom. The Hall–Kier alpha value is -5.66. The zero-order valence-electron chi connectivity index (χ0n) is 27.6. The van der Waals surface area contributed by atoms with Gasteiger partial charge in [-0.2, -0.15) is 0 Å². The van der Waals surface area contributed by atoms with Crippen LogP contribution in [0.1, 0.15) is 48.6 Å². The van der Waals surface area contributed by atoms with Crippen molar-refractivity contribution in [2.24, 2.45) is 0 Å². The molecule has 1 heteroatoms. The Morgan fingerprint density at radius 2 is 0.812 bits per heavy atom. The molecular weight excluding hydrogens is 579 g/mol. The van der Waals surface area contributed by atoms with Crippen LogP contribution in [-0.4, -0.2) is 0 Å². The SMILES string of the molecule is CC1(C)c2ccccc2-c2ccc(N(c3ccc(-c4ccccc4)cc3)c3ccc4c(c3)C(C)(c3ccccc3)c3ccccc3-4)cc21. The molecule has 0 spiro atoms. The van der Waals surface area contributed by atoms with E-state index in [1.807, 2.05) is 0 Å². The minimum absolute atomic E-state index is 0.0871. The molecule has 9 rings (SSSR count). The van der Waals surface area contributed by atoms with E-state index in [-0.39, 0.29) is 10.8 Å². The molecule has 0 aliphatic heterocycles. The van der Waals surface area contributed by atoms with Gasteiger partial charge in [0.1, 0.15) is 0 Å². The smallest absolute Gasteiger partial charge is 0.0465 e. The summed E-state index contributed by atoms with van der Waals surface area (Å²) in [6.07, 6.45) is 0. The largest absolute Gasteiger partial charge is 0.310 e. The first-order chi connectivity index (χ1) is 23.4. The molecule has 0 fully saturated rings. The lowest BCUT2D eigenvalue weighted by Crippen LogP contribution is -2.23. The van der Waals surface area contributed by atoms with Gasteiger partial charge >= 0.3 is 0 Å². The highest BCUT2D eigenvalue weighted by molar-refractivity contribution is 5.89. The second-order valence-electron chi connectivity index (χ2n) is 13.9. The van der Waals surface area contributed by atoms with Crippen LogP contribution in [0.15, 0.2) is 170 Å². The lowest BCUT2D eigenvalue weighted by atomic mass is 9.74. The summed E-state index contributed by atoms with van der Waals surface area (Å²) in [7, 11) is 0. The van der Waals surface area contributed by atoms with Crippen molar-refractivity contribution in [2.45, 2.75) is 31.6 Å². The van der Waals surface area contributed by atoms with Crippen LogP contribution in [0, 0.1) is 0 Å². The third kappa shape index (κ3) is 4.17. The van der Waals surface area contributed by atoms with Crippen molar-refractivity contribution in [1.29, 1.82) is 0 Å². The lowest BCUT2D eigenvalue weighted by Gasteiger charge is -2.31. The van der Waals surface area contributed by atoms with Crippen LogP contribution < -0.4 is 4.90 Å². The number of rotatable bonds is 5. The normalized spacial score (nSPS) is 16.5. The highest BCUT2D eigenvalue weighted by atomic mass is 15.1. The Bertz CT molecular complexity index is 2310. The molecule has 230 valence electrons. The number of hydrogen-bond donors (Lipinski definition) is 0. The lowest BCUT2D eigenvalue weighted by molar-refractivity contribution is 0.660. The summed E-state index contributed by atoms with van der Waals surface area (Å²) >= 11 is 0. The molecule has 0 saturated carbocycles. The van der Waals surface area contributed by atoms with Gasteiger partial charge in [-0.05, 0) is 105 Å². The van der Waals surface area contributed by atoms with Crippen LogP contribution >= 0.6 is 0 Å². The van der Waals surface area contributed by atoms with Gasteiger partial charge in [0, 0.05) is 27.9 Å². The molecule has 0 amide bonds.